The van der Waals surface area contributed by atoms with Crippen molar-refractivity contribution >= 4 is 23.4 Å². The van der Waals surface area contributed by atoms with Gasteiger partial charge in [-0.1, -0.05) is 23.7 Å². The highest BCUT2D eigenvalue weighted by Crippen LogP contribution is 2.21. The molecule has 1 unspecified atom stereocenters. The number of nitrogens with zero attached hydrogens (tertiary/aromatic N) is 1. The number of rotatable bonds is 2. The van der Waals surface area contributed by atoms with Crippen molar-refractivity contribution in [2.24, 2.45) is 5.73 Å². The number of halogens is 2. The molecule has 1 saturated heterocycles. The van der Waals surface area contributed by atoms with Gasteiger partial charge in [-0.3, -0.25) is 14.5 Å². The van der Waals surface area contributed by atoms with E-state index in [1.165, 1.54) is 12.1 Å². The highest BCUT2D eigenvalue weighted by Gasteiger charge is 2.32. The number of hydrogen-bond donors (Lipinski definition) is 1. The van der Waals surface area contributed by atoms with E-state index in [-0.39, 0.29) is 29.5 Å². The van der Waals surface area contributed by atoms with Gasteiger partial charge in [-0.15, -0.1) is 0 Å². The van der Waals surface area contributed by atoms with E-state index in [1.54, 1.807) is 6.07 Å². The van der Waals surface area contributed by atoms with E-state index >= 15 is 0 Å². The van der Waals surface area contributed by atoms with Crippen LogP contribution >= 0.6 is 11.6 Å². The van der Waals surface area contributed by atoms with Crippen LogP contribution in [0.3, 0.4) is 0 Å². The first-order valence-corrected chi connectivity index (χ1v) is 5.91. The lowest BCUT2D eigenvalue weighted by molar-refractivity contribution is -0.149. The number of amides is 2. The summed E-state index contributed by atoms with van der Waals surface area (Å²) in [4.78, 5) is 24.4. The Morgan fingerprint density at radius 2 is 2.17 bits per heavy atom. The van der Waals surface area contributed by atoms with Crippen molar-refractivity contribution in [1.29, 1.82) is 0 Å². The number of hydrogen-bond acceptors (Lipinski definition) is 3. The minimum Gasteiger partial charge on any atom is -0.320 e. The van der Waals surface area contributed by atoms with Crippen molar-refractivity contribution in [3.05, 3.63) is 34.6 Å². The number of nitrogens with two attached hydrogens (primary N) is 1. The quantitative estimate of drug-likeness (QED) is 0.828. The van der Waals surface area contributed by atoms with E-state index in [0.717, 1.165) is 4.90 Å². The van der Waals surface area contributed by atoms with Crippen molar-refractivity contribution in [1.82, 2.24) is 4.90 Å². The molecule has 0 spiro atoms. The highest BCUT2D eigenvalue weighted by molar-refractivity contribution is 6.30. The summed E-state index contributed by atoms with van der Waals surface area (Å²) in [5.41, 5.74) is 5.80. The first-order chi connectivity index (χ1) is 8.50. The van der Waals surface area contributed by atoms with Crippen LogP contribution in [-0.4, -0.2) is 22.8 Å². The lowest BCUT2D eigenvalue weighted by Crippen LogP contribution is -2.50. The number of likely N-dealkylation sites (tertiary alicyclic amines) is 1. The number of imide groups is 1. The second kappa shape index (κ2) is 5.04. The SMILES string of the molecule is NC1CCC(=O)N(Cc2cccc(Cl)c2F)C1=O. The third-order valence-corrected chi connectivity index (χ3v) is 3.21. The Bertz CT molecular complexity index is 507. The second-order valence-electron chi connectivity index (χ2n) is 4.18. The van der Waals surface area contributed by atoms with Gasteiger partial charge < -0.3 is 5.73 Å². The molecule has 4 nitrogen and oxygen atoms in total. The van der Waals surface area contributed by atoms with Crippen molar-refractivity contribution in [2.45, 2.75) is 25.4 Å². The van der Waals surface area contributed by atoms with Gasteiger partial charge in [0.25, 0.3) is 0 Å². The summed E-state index contributed by atoms with van der Waals surface area (Å²) < 4.78 is 13.7. The molecule has 96 valence electrons. The largest absolute Gasteiger partial charge is 0.320 e. The standard InChI is InChI=1S/C12H12ClFN2O2/c13-8-3-1-2-7(11(8)14)6-16-10(17)5-4-9(15)12(16)18/h1-3,9H,4-6,15H2. The van der Waals surface area contributed by atoms with Gasteiger partial charge in [-0.2, -0.15) is 0 Å². The van der Waals surface area contributed by atoms with Gasteiger partial charge >= 0.3 is 0 Å². The van der Waals surface area contributed by atoms with Gasteiger partial charge in [0.2, 0.25) is 11.8 Å². The molecule has 0 bridgehead atoms. The Morgan fingerprint density at radius 3 is 2.89 bits per heavy atom. The maximum absolute atomic E-state index is 13.7. The number of carbonyl (C=O) groups excluding carboxylic acids is 2. The first kappa shape index (κ1) is 13.0. The normalized spacial score (nSPS) is 20.4. The zero-order chi connectivity index (χ0) is 13.3. The summed E-state index contributed by atoms with van der Waals surface area (Å²) in [6.07, 6.45) is 0.543. The third kappa shape index (κ3) is 2.37. The summed E-state index contributed by atoms with van der Waals surface area (Å²) in [5, 5.41) is -0.0336. The average molecular weight is 271 g/mol. The van der Waals surface area contributed by atoms with Crippen LogP contribution in [-0.2, 0) is 16.1 Å². The summed E-state index contributed by atoms with van der Waals surface area (Å²) in [6.45, 7) is -0.127. The molecule has 2 amide bonds. The van der Waals surface area contributed by atoms with Gasteiger partial charge in [0.15, 0.2) is 0 Å². The predicted octanol–water partition coefficient (Wildman–Crippen LogP) is 1.46. The maximum Gasteiger partial charge on any atom is 0.246 e. The molecule has 1 fully saturated rings. The van der Waals surface area contributed by atoms with Gasteiger partial charge in [-0.05, 0) is 12.5 Å². The smallest absolute Gasteiger partial charge is 0.246 e. The highest BCUT2D eigenvalue weighted by atomic mass is 35.5. The molecule has 0 aromatic heterocycles. The average Bonchev–Trinajstić information content (AvgIpc) is 2.35. The van der Waals surface area contributed by atoms with Gasteiger partial charge in [-0.25, -0.2) is 4.39 Å². The van der Waals surface area contributed by atoms with E-state index in [9.17, 15) is 14.0 Å². The van der Waals surface area contributed by atoms with E-state index in [2.05, 4.69) is 0 Å². The van der Waals surface area contributed by atoms with E-state index in [1.807, 2.05) is 0 Å². The third-order valence-electron chi connectivity index (χ3n) is 2.91. The van der Waals surface area contributed by atoms with Crippen LogP contribution in [0.15, 0.2) is 18.2 Å². The van der Waals surface area contributed by atoms with Crippen molar-refractivity contribution in [3.63, 3.8) is 0 Å². The van der Waals surface area contributed by atoms with Gasteiger partial charge in [0.1, 0.15) is 5.82 Å². The minimum atomic E-state index is -0.690. The molecule has 1 heterocycles. The van der Waals surface area contributed by atoms with Gasteiger partial charge in [0.05, 0.1) is 17.6 Å². The van der Waals surface area contributed by atoms with Crippen LogP contribution in [0.4, 0.5) is 4.39 Å². The van der Waals surface area contributed by atoms with E-state index in [0.29, 0.717) is 6.42 Å². The van der Waals surface area contributed by atoms with Crippen LogP contribution in [0.1, 0.15) is 18.4 Å². The molecule has 2 rings (SSSR count). The fraction of sp³-hybridized carbons (Fsp3) is 0.333. The molecule has 1 aromatic rings. The zero-order valence-electron chi connectivity index (χ0n) is 9.53. The van der Waals surface area contributed by atoms with Crippen molar-refractivity contribution < 1.29 is 14.0 Å². The molecular formula is C12H12ClFN2O2. The van der Waals surface area contributed by atoms with Crippen molar-refractivity contribution in [2.75, 3.05) is 0 Å². The fourth-order valence-corrected chi connectivity index (χ4v) is 2.06. The summed E-state index contributed by atoms with van der Waals surface area (Å²) in [7, 11) is 0. The predicted molar refractivity (Wildman–Crippen MR) is 64.2 cm³/mol. The fourth-order valence-electron chi connectivity index (χ4n) is 1.87. The van der Waals surface area contributed by atoms with Crippen LogP contribution in [0.2, 0.25) is 5.02 Å². The molecule has 1 aromatic carbocycles. The Kier molecular flexibility index (Phi) is 3.63. The molecule has 0 radical (unpaired) electrons. The molecule has 0 saturated carbocycles. The number of piperidine rings is 1. The maximum atomic E-state index is 13.7. The minimum absolute atomic E-state index is 0.0336. The molecule has 0 aliphatic carbocycles. The Morgan fingerprint density at radius 1 is 1.44 bits per heavy atom. The lowest BCUT2D eigenvalue weighted by Gasteiger charge is -2.28. The molecule has 1 aliphatic rings. The van der Waals surface area contributed by atoms with Crippen LogP contribution in [0.5, 0.6) is 0 Å². The molecule has 6 heteroatoms. The van der Waals surface area contributed by atoms with E-state index < -0.39 is 17.8 Å². The summed E-state index contributed by atoms with van der Waals surface area (Å²) in [6, 6.07) is 3.78. The monoisotopic (exact) mass is 270 g/mol. The summed E-state index contributed by atoms with van der Waals surface area (Å²) in [5.74, 6) is -1.41. The van der Waals surface area contributed by atoms with E-state index in [4.69, 9.17) is 17.3 Å². The molecule has 1 atom stereocenters. The zero-order valence-corrected chi connectivity index (χ0v) is 10.3. The van der Waals surface area contributed by atoms with Gasteiger partial charge in [0, 0.05) is 12.0 Å². The molecule has 2 N–H and O–H groups in total. The van der Waals surface area contributed by atoms with Crippen molar-refractivity contribution in [3.8, 4) is 0 Å². The Hall–Kier alpha value is -1.46. The van der Waals surface area contributed by atoms with Crippen LogP contribution < -0.4 is 5.73 Å². The molecule has 18 heavy (non-hydrogen) atoms. The molecule has 1 aliphatic heterocycles. The number of carbonyl (C=O) groups is 2. The Labute approximate surface area is 109 Å². The second-order valence-corrected chi connectivity index (χ2v) is 4.58. The molecular weight excluding hydrogens is 259 g/mol. The first-order valence-electron chi connectivity index (χ1n) is 5.53. The summed E-state index contributed by atoms with van der Waals surface area (Å²) >= 11 is 5.64. The Balaban J connectivity index is 2.24. The topological polar surface area (TPSA) is 63.4 Å². The van der Waals surface area contributed by atoms with Crippen LogP contribution in [0, 0.1) is 5.82 Å². The lowest BCUT2D eigenvalue weighted by atomic mass is 10.0. The van der Waals surface area contributed by atoms with Crippen LogP contribution in [0.25, 0.3) is 0 Å². The number of benzene rings is 1.